The van der Waals surface area contributed by atoms with Gasteiger partial charge >= 0.3 is 0 Å². The highest BCUT2D eigenvalue weighted by atomic mass is 15.3. The zero-order chi connectivity index (χ0) is 20.4. The molecule has 0 atom stereocenters. The Morgan fingerprint density at radius 3 is 2.21 bits per heavy atom. The highest BCUT2D eigenvalue weighted by Gasteiger charge is 2.19. The summed E-state index contributed by atoms with van der Waals surface area (Å²) >= 11 is 0. The Hall–Kier alpha value is -3.15. The molecule has 0 bridgehead atoms. The van der Waals surface area contributed by atoms with Gasteiger partial charge in [0.2, 0.25) is 5.95 Å². The topological polar surface area (TPSA) is 57.2 Å². The van der Waals surface area contributed by atoms with Crippen molar-refractivity contribution in [3.8, 4) is 0 Å². The minimum atomic E-state index is 0.540. The Balaban J connectivity index is 1.46. The molecule has 2 aromatic carbocycles. The Labute approximate surface area is 172 Å². The third-order valence-corrected chi connectivity index (χ3v) is 5.43. The number of aryl methyl sites for hydroxylation is 4. The van der Waals surface area contributed by atoms with Gasteiger partial charge in [-0.1, -0.05) is 29.8 Å². The van der Waals surface area contributed by atoms with E-state index in [-0.39, 0.29) is 0 Å². The van der Waals surface area contributed by atoms with Crippen molar-refractivity contribution in [2.45, 2.75) is 27.7 Å². The molecule has 150 valence electrons. The molecule has 1 N–H and O–H groups in total. The second-order valence-electron chi connectivity index (χ2n) is 7.85. The van der Waals surface area contributed by atoms with Gasteiger partial charge in [-0.2, -0.15) is 10.1 Å². The van der Waals surface area contributed by atoms with Crippen LogP contribution in [-0.2, 0) is 0 Å². The highest BCUT2D eigenvalue weighted by molar-refractivity contribution is 5.64. The normalized spacial score (nSPS) is 14.2. The molecule has 1 aliphatic rings. The van der Waals surface area contributed by atoms with Gasteiger partial charge in [-0.3, -0.25) is 0 Å². The molecule has 3 aromatic rings. The summed E-state index contributed by atoms with van der Waals surface area (Å²) in [5, 5.41) is 11.8. The Morgan fingerprint density at radius 2 is 1.52 bits per heavy atom. The number of hydrogen-bond donors (Lipinski definition) is 1. The molecule has 1 fully saturated rings. The van der Waals surface area contributed by atoms with E-state index in [1.165, 1.54) is 27.9 Å². The van der Waals surface area contributed by atoms with Crippen molar-refractivity contribution in [3.63, 3.8) is 0 Å². The summed E-state index contributed by atoms with van der Waals surface area (Å²) in [6.45, 7) is 12.2. The lowest BCUT2D eigenvalue weighted by atomic mass is 10.1. The van der Waals surface area contributed by atoms with Gasteiger partial charge in [0, 0.05) is 37.6 Å². The third kappa shape index (κ3) is 4.31. The van der Waals surface area contributed by atoms with E-state index in [4.69, 9.17) is 4.98 Å². The van der Waals surface area contributed by atoms with E-state index in [1.54, 1.807) is 6.20 Å². The van der Waals surface area contributed by atoms with Crippen molar-refractivity contribution in [2.75, 3.05) is 41.3 Å². The van der Waals surface area contributed by atoms with E-state index in [2.05, 4.69) is 89.4 Å². The molecule has 0 unspecified atom stereocenters. The Kier molecular flexibility index (Phi) is 5.34. The number of hydrogen-bond acceptors (Lipinski definition) is 6. The summed E-state index contributed by atoms with van der Waals surface area (Å²) in [5.74, 6) is 1.41. The molecule has 0 aliphatic carbocycles. The van der Waals surface area contributed by atoms with Crippen LogP contribution in [0, 0.1) is 27.7 Å². The van der Waals surface area contributed by atoms with E-state index in [1.807, 2.05) is 0 Å². The maximum absolute atomic E-state index is 4.73. The highest BCUT2D eigenvalue weighted by Crippen LogP contribution is 2.25. The van der Waals surface area contributed by atoms with E-state index in [9.17, 15) is 0 Å². The average Bonchev–Trinajstić information content (AvgIpc) is 2.71. The van der Waals surface area contributed by atoms with Gasteiger partial charge in [0.05, 0.1) is 6.20 Å². The molecule has 0 amide bonds. The number of nitrogens with one attached hydrogen (secondary N) is 1. The zero-order valence-electron chi connectivity index (χ0n) is 17.6. The maximum Gasteiger partial charge on any atom is 0.249 e. The van der Waals surface area contributed by atoms with Crippen LogP contribution in [0.4, 0.5) is 23.1 Å². The Morgan fingerprint density at radius 1 is 0.828 bits per heavy atom. The van der Waals surface area contributed by atoms with Gasteiger partial charge in [-0.05, 0) is 56.5 Å². The maximum atomic E-state index is 4.73. The van der Waals surface area contributed by atoms with Gasteiger partial charge in [0.15, 0.2) is 5.82 Å². The summed E-state index contributed by atoms with van der Waals surface area (Å²) < 4.78 is 0. The zero-order valence-corrected chi connectivity index (χ0v) is 17.6. The minimum absolute atomic E-state index is 0.540. The van der Waals surface area contributed by atoms with Crippen LogP contribution >= 0.6 is 0 Å². The van der Waals surface area contributed by atoms with E-state index in [0.717, 1.165) is 37.7 Å². The number of benzene rings is 2. The first-order valence-electron chi connectivity index (χ1n) is 10.1. The molecule has 4 rings (SSSR count). The largest absolute Gasteiger partial charge is 0.368 e. The van der Waals surface area contributed by atoms with Crippen molar-refractivity contribution < 1.29 is 0 Å². The molecular weight excluding hydrogens is 360 g/mol. The molecule has 1 aromatic heterocycles. The molecule has 0 spiro atoms. The summed E-state index contributed by atoms with van der Waals surface area (Å²) in [5.41, 5.74) is 7.26. The van der Waals surface area contributed by atoms with E-state index < -0.39 is 0 Å². The standard InChI is InChI=1S/C23H28N6/c1-16-6-5-7-20(14-16)28-8-10-29(11-9-28)21-15-24-27-23(25-21)26-22-18(3)12-17(2)13-19(22)4/h5-7,12-15H,8-11H2,1-4H3,(H,25,26,27). The van der Waals surface area contributed by atoms with Gasteiger partial charge in [0.25, 0.3) is 0 Å². The summed E-state index contributed by atoms with van der Waals surface area (Å²) in [6.07, 6.45) is 1.75. The summed E-state index contributed by atoms with van der Waals surface area (Å²) in [6, 6.07) is 13.0. The van der Waals surface area contributed by atoms with Crippen molar-refractivity contribution in [1.29, 1.82) is 0 Å². The van der Waals surface area contributed by atoms with Gasteiger partial charge in [-0.15, -0.1) is 5.10 Å². The van der Waals surface area contributed by atoms with Crippen molar-refractivity contribution in [3.05, 3.63) is 64.8 Å². The molecule has 29 heavy (non-hydrogen) atoms. The molecule has 6 heteroatoms. The quantitative estimate of drug-likeness (QED) is 0.724. The molecular formula is C23H28N6. The van der Waals surface area contributed by atoms with Crippen LogP contribution in [0.15, 0.2) is 42.6 Å². The summed E-state index contributed by atoms with van der Waals surface area (Å²) in [4.78, 5) is 9.44. The number of piperazine rings is 1. The van der Waals surface area contributed by atoms with Crippen molar-refractivity contribution >= 4 is 23.1 Å². The number of nitrogens with zero attached hydrogens (tertiary/aromatic N) is 5. The first-order valence-corrected chi connectivity index (χ1v) is 10.1. The first-order chi connectivity index (χ1) is 14.0. The Bertz CT molecular complexity index is 985. The molecule has 2 heterocycles. The lowest BCUT2D eigenvalue weighted by Gasteiger charge is -2.36. The monoisotopic (exact) mass is 388 g/mol. The number of anilines is 4. The van der Waals surface area contributed by atoms with E-state index in [0.29, 0.717) is 5.95 Å². The number of rotatable bonds is 4. The van der Waals surface area contributed by atoms with Crippen molar-refractivity contribution in [1.82, 2.24) is 15.2 Å². The predicted molar refractivity (Wildman–Crippen MR) is 119 cm³/mol. The van der Waals surface area contributed by atoms with Crippen LogP contribution in [0.5, 0.6) is 0 Å². The molecule has 0 radical (unpaired) electrons. The SMILES string of the molecule is Cc1cccc(N2CCN(c3cnnc(Nc4c(C)cc(C)cc4C)n3)CC2)c1. The van der Waals surface area contributed by atoms with Crippen LogP contribution in [0.25, 0.3) is 0 Å². The van der Waals surface area contributed by atoms with Crippen LogP contribution in [0.1, 0.15) is 22.3 Å². The van der Waals surface area contributed by atoms with Gasteiger partial charge in [0.1, 0.15) is 0 Å². The third-order valence-electron chi connectivity index (χ3n) is 5.43. The van der Waals surface area contributed by atoms with Crippen LogP contribution < -0.4 is 15.1 Å². The van der Waals surface area contributed by atoms with Crippen LogP contribution in [0.2, 0.25) is 0 Å². The first kappa shape index (κ1) is 19.2. The average molecular weight is 389 g/mol. The van der Waals surface area contributed by atoms with E-state index >= 15 is 0 Å². The second kappa shape index (κ2) is 8.07. The predicted octanol–water partition coefficient (Wildman–Crippen LogP) is 4.18. The molecule has 1 saturated heterocycles. The van der Waals surface area contributed by atoms with Crippen LogP contribution in [0.3, 0.4) is 0 Å². The fourth-order valence-electron chi connectivity index (χ4n) is 4.01. The second-order valence-corrected chi connectivity index (χ2v) is 7.85. The smallest absolute Gasteiger partial charge is 0.249 e. The molecule has 0 saturated carbocycles. The van der Waals surface area contributed by atoms with Gasteiger partial charge < -0.3 is 15.1 Å². The minimum Gasteiger partial charge on any atom is -0.368 e. The van der Waals surface area contributed by atoms with Gasteiger partial charge in [-0.25, -0.2) is 0 Å². The summed E-state index contributed by atoms with van der Waals surface area (Å²) in [7, 11) is 0. The number of aromatic nitrogens is 3. The molecule has 1 aliphatic heterocycles. The van der Waals surface area contributed by atoms with Crippen molar-refractivity contribution in [2.24, 2.45) is 0 Å². The fourth-order valence-corrected chi connectivity index (χ4v) is 4.01. The lowest BCUT2D eigenvalue weighted by molar-refractivity contribution is 0.644. The molecule has 6 nitrogen and oxygen atoms in total. The lowest BCUT2D eigenvalue weighted by Crippen LogP contribution is -2.47. The van der Waals surface area contributed by atoms with Crippen LogP contribution in [-0.4, -0.2) is 41.4 Å². The fraction of sp³-hybridized carbons (Fsp3) is 0.348.